The maximum Gasteiger partial charge on any atom is 0.406 e. The van der Waals surface area contributed by atoms with Crippen LogP contribution in [0.5, 0.6) is 34.5 Å². The van der Waals surface area contributed by atoms with Crippen LogP contribution in [0.4, 0.5) is 39.5 Å². The zero-order valence-corrected chi connectivity index (χ0v) is 56.3. The van der Waals surface area contributed by atoms with Crippen LogP contribution in [-0.2, 0) is 33.5 Å². The third-order valence-electron chi connectivity index (χ3n) is 17.5. The number of amides is 3. The van der Waals surface area contributed by atoms with E-state index >= 15 is 0 Å². The highest BCUT2D eigenvalue weighted by atomic mass is 19.4. The number of halogens is 9. The first-order chi connectivity index (χ1) is 48.8. The van der Waals surface area contributed by atoms with Gasteiger partial charge in [0.1, 0.15) is 90.9 Å². The molecule has 3 aromatic carbocycles. The molecule has 1 fully saturated rings. The Morgan fingerprint density at radius 3 is 1.21 bits per heavy atom. The van der Waals surface area contributed by atoms with Gasteiger partial charge in [0.2, 0.25) is 0 Å². The molecule has 3 amide bonds. The molecule has 4 aliphatic heterocycles. The van der Waals surface area contributed by atoms with Gasteiger partial charge in [-0.1, -0.05) is 0 Å². The van der Waals surface area contributed by atoms with Gasteiger partial charge in [-0.15, -0.1) is 0 Å². The largest absolute Gasteiger partial charge is 0.496 e. The summed E-state index contributed by atoms with van der Waals surface area (Å²) in [5.74, 6) is 0.512. The van der Waals surface area contributed by atoms with Crippen LogP contribution < -0.4 is 28.4 Å². The minimum absolute atomic E-state index is 0.00493. The number of pyridine rings is 3. The van der Waals surface area contributed by atoms with E-state index in [1.54, 1.807) is 85.6 Å². The summed E-state index contributed by atoms with van der Waals surface area (Å²) in [6.07, 6.45) is -2.51. The van der Waals surface area contributed by atoms with Crippen molar-refractivity contribution in [1.82, 2.24) is 47.8 Å². The van der Waals surface area contributed by atoms with Crippen molar-refractivity contribution in [2.24, 2.45) is 0 Å². The normalized spacial score (nSPS) is 15.8. The lowest BCUT2D eigenvalue weighted by Gasteiger charge is -2.32. The fourth-order valence-corrected chi connectivity index (χ4v) is 12.6. The number of alkyl halides is 9. The molecule has 544 valence electrons. The van der Waals surface area contributed by atoms with E-state index in [1.165, 1.54) is 35.5 Å². The van der Waals surface area contributed by atoms with Crippen LogP contribution in [0.3, 0.4) is 0 Å². The molecule has 0 saturated carbocycles. The molecular weight excluding hydrogens is 1360 g/mol. The van der Waals surface area contributed by atoms with Crippen molar-refractivity contribution in [3.05, 3.63) is 143 Å². The summed E-state index contributed by atoms with van der Waals surface area (Å²) in [5.41, 5.74) is 8.83. The summed E-state index contributed by atoms with van der Waals surface area (Å²) < 4.78 is 170. The van der Waals surface area contributed by atoms with E-state index in [4.69, 9.17) is 47.7 Å². The number of fused-ring (bicyclic) bond motifs is 6. The number of hydrogen-bond acceptors (Lipinski definition) is 17. The summed E-state index contributed by atoms with van der Waals surface area (Å²) in [4.78, 5) is 56.4. The van der Waals surface area contributed by atoms with Crippen LogP contribution in [0, 0.1) is 0 Å². The number of aliphatic hydroxyl groups excluding tert-OH is 1. The molecule has 9 aromatic rings. The van der Waals surface area contributed by atoms with E-state index < -0.39 is 62.2 Å². The number of benzene rings is 3. The molecule has 102 heavy (non-hydrogen) atoms. The Morgan fingerprint density at radius 2 is 0.873 bits per heavy atom. The summed E-state index contributed by atoms with van der Waals surface area (Å²) in [6.45, 7) is 2.25. The van der Waals surface area contributed by atoms with E-state index in [9.17, 15) is 53.9 Å². The maximum absolute atomic E-state index is 12.9. The number of carbonyl (C=O) groups excluding carboxylic acids is 3. The van der Waals surface area contributed by atoms with E-state index in [-0.39, 0.29) is 86.2 Å². The Morgan fingerprint density at radius 1 is 0.510 bits per heavy atom. The fourth-order valence-electron chi connectivity index (χ4n) is 12.6. The van der Waals surface area contributed by atoms with Gasteiger partial charge in [0.05, 0.1) is 93.5 Å². The Hall–Kier alpha value is -9.89. The predicted molar refractivity (Wildman–Crippen MR) is 352 cm³/mol. The summed E-state index contributed by atoms with van der Waals surface area (Å²) in [7, 11) is 7.23. The second kappa shape index (κ2) is 31.1. The van der Waals surface area contributed by atoms with Gasteiger partial charge < -0.3 is 62.4 Å². The Kier molecular flexibility index (Phi) is 22.4. The molecule has 1 saturated heterocycles. The quantitative estimate of drug-likeness (QED) is 0.0522. The van der Waals surface area contributed by atoms with E-state index in [0.29, 0.717) is 69.9 Å². The molecule has 6 aromatic heterocycles. The highest BCUT2D eigenvalue weighted by Crippen LogP contribution is 2.40. The molecule has 0 radical (unpaired) electrons. The Labute approximate surface area is 578 Å². The zero-order chi connectivity index (χ0) is 72.8. The average molecular weight is 1430 g/mol. The van der Waals surface area contributed by atoms with Crippen LogP contribution in [-0.4, -0.2) is 229 Å². The van der Waals surface area contributed by atoms with Crippen molar-refractivity contribution in [3.63, 3.8) is 0 Å². The Bertz CT molecular complexity index is 4450. The molecular formula is C70H73F9N10O13. The monoisotopic (exact) mass is 1430 g/mol. The van der Waals surface area contributed by atoms with Gasteiger partial charge in [-0.2, -0.15) is 39.5 Å². The zero-order valence-electron chi connectivity index (χ0n) is 56.3. The SMILES string of the molecule is COc1cc(-c2cnc3cc(OCC(OC)OC)ccn23)cc2c1C(=O)N(CC(F)(F)F)CC2.COc1cc(-c2cnc3cc(OCCN4CCOC[C@@H]4C)ccn23)cc2c1C(=O)N(CC(F)(F)F)CC2.COc1cc(-c2cnc3cc(OCCO)ccn23)cc2c1C(=O)N(CC(F)(F)F)CC2. The molecule has 32 heteroatoms. The van der Waals surface area contributed by atoms with Gasteiger partial charge >= 0.3 is 18.5 Å². The number of carbonyl (C=O) groups is 3. The summed E-state index contributed by atoms with van der Waals surface area (Å²) in [5, 5.41) is 8.89. The number of aliphatic hydroxyl groups is 1. The van der Waals surface area contributed by atoms with Crippen LogP contribution in [0.25, 0.3) is 50.7 Å². The van der Waals surface area contributed by atoms with Gasteiger partial charge in [0.25, 0.3) is 17.7 Å². The van der Waals surface area contributed by atoms with E-state index in [0.717, 1.165) is 74.8 Å². The molecule has 0 spiro atoms. The molecule has 0 aliphatic carbocycles. The molecule has 0 bridgehead atoms. The predicted octanol–water partition coefficient (Wildman–Crippen LogP) is 10.2. The van der Waals surface area contributed by atoms with Crippen molar-refractivity contribution in [2.45, 2.75) is 57.0 Å². The van der Waals surface area contributed by atoms with Crippen LogP contribution in [0.15, 0.2) is 110 Å². The number of imidazole rings is 3. The minimum Gasteiger partial charge on any atom is -0.496 e. The van der Waals surface area contributed by atoms with Crippen molar-refractivity contribution in [1.29, 1.82) is 0 Å². The highest BCUT2D eigenvalue weighted by molar-refractivity contribution is 6.02. The highest BCUT2D eigenvalue weighted by Gasteiger charge is 2.40. The number of morpholine rings is 1. The molecule has 10 heterocycles. The summed E-state index contributed by atoms with van der Waals surface area (Å²) in [6, 6.07) is 21.5. The van der Waals surface area contributed by atoms with E-state index in [2.05, 4.69) is 26.8 Å². The van der Waals surface area contributed by atoms with Gasteiger partial charge in [0.15, 0.2) is 6.29 Å². The first kappa shape index (κ1) is 73.3. The van der Waals surface area contributed by atoms with E-state index in [1.807, 2.05) is 37.6 Å². The minimum atomic E-state index is -4.46. The van der Waals surface area contributed by atoms with Crippen LogP contribution in [0.1, 0.15) is 54.7 Å². The average Bonchev–Trinajstić information content (AvgIpc) is 1.36. The van der Waals surface area contributed by atoms with Crippen molar-refractivity contribution in [3.8, 4) is 68.3 Å². The van der Waals surface area contributed by atoms with Gasteiger partial charge in [-0.25, -0.2) is 15.0 Å². The van der Waals surface area contributed by atoms with Crippen molar-refractivity contribution < 1.29 is 102 Å². The van der Waals surface area contributed by atoms with Gasteiger partial charge in [-0.05, 0) is 97.5 Å². The number of aromatic nitrogens is 6. The molecule has 0 unspecified atom stereocenters. The van der Waals surface area contributed by atoms with Crippen molar-refractivity contribution in [2.75, 3.05) is 128 Å². The lowest BCUT2D eigenvalue weighted by molar-refractivity contribution is -0.141. The van der Waals surface area contributed by atoms with Crippen molar-refractivity contribution >= 4 is 34.7 Å². The first-order valence-corrected chi connectivity index (χ1v) is 32.3. The molecule has 1 N–H and O–H groups in total. The molecule has 13 rings (SSSR count). The lowest BCUT2D eigenvalue weighted by atomic mass is 9.94. The second-order valence-corrected chi connectivity index (χ2v) is 24.2. The fraction of sp³-hybridized carbons (Fsp3) is 0.400. The second-order valence-electron chi connectivity index (χ2n) is 24.2. The third kappa shape index (κ3) is 16.8. The maximum atomic E-state index is 12.9. The number of hydrogen-bond donors (Lipinski definition) is 1. The standard InChI is InChI=1S/C26H29F3N4O4.C23H24F3N3O5.C21H20F3N3O4/c1-17-15-36-9-7-31(17)8-10-37-20-4-6-33-21(14-30-23(33)13-20)19-11-18-3-5-32(16-26(27,28)29)25(34)24(18)22(12-19)35-2;1-31-18-9-15(8-14-4-6-28(13-23(24,25)26)22(30)21(14)18)17-11-27-19-10-16(5-7-29(17)19)34-12-20(32-2)33-3;1-30-17-9-14(8-13-2-4-26(12-21(22,23)24)20(29)19(13)17)16-11-25-18-10-15(31-7-6-28)3-5-27(16)18/h4,6,11-14,17H,3,5,7-10,15-16H2,1-2H3;5,7-11,20H,4,6,12-13H2,1-3H3;3,5,8-11,28H,2,4,6-7,12H2,1H3/t17-;;/m0../s1. The molecule has 23 nitrogen and oxygen atoms in total. The van der Waals surface area contributed by atoms with Gasteiger partial charge in [0, 0.05) is 106 Å². The summed E-state index contributed by atoms with van der Waals surface area (Å²) >= 11 is 0. The molecule has 4 aliphatic rings. The Balaban J connectivity index is 0.000000154. The van der Waals surface area contributed by atoms with Crippen LogP contribution in [0.2, 0.25) is 0 Å². The van der Waals surface area contributed by atoms with Gasteiger partial charge in [-0.3, -0.25) is 32.5 Å². The number of rotatable bonds is 21. The smallest absolute Gasteiger partial charge is 0.406 e. The number of nitrogens with zero attached hydrogens (tertiary/aromatic N) is 10. The van der Waals surface area contributed by atoms with Crippen LogP contribution >= 0.6 is 0 Å². The first-order valence-electron chi connectivity index (χ1n) is 32.3. The topological polar surface area (TPSA) is 219 Å². The number of ether oxygens (including phenoxy) is 9. The molecule has 1 atom stereocenters. The number of methoxy groups -OCH3 is 5. The lowest BCUT2D eigenvalue weighted by Crippen LogP contribution is -2.45. The third-order valence-corrected chi connectivity index (χ3v) is 17.5.